The summed E-state index contributed by atoms with van der Waals surface area (Å²) in [7, 11) is 0. The highest BCUT2D eigenvalue weighted by Gasteiger charge is 2.39. The maximum absolute atomic E-state index is 12.7. The van der Waals surface area contributed by atoms with Crippen molar-refractivity contribution in [1.82, 2.24) is 15.2 Å². The summed E-state index contributed by atoms with van der Waals surface area (Å²) in [6.45, 7) is 2.32. The van der Waals surface area contributed by atoms with Crippen molar-refractivity contribution in [3.8, 4) is 11.3 Å². The molecule has 1 fully saturated rings. The van der Waals surface area contributed by atoms with Crippen LogP contribution in [0.3, 0.4) is 0 Å². The topological polar surface area (TPSA) is 79.4 Å². The lowest BCUT2D eigenvalue weighted by Crippen LogP contribution is -2.52. The summed E-state index contributed by atoms with van der Waals surface area (Å²) in [5.74, 6) is -0.837. The maximum Gasteiger partial charge on any atom is 0.255 e. The molecule has 1 N–H and O–H groups in total. The van der Waals surface area contributed by atoms with Crippen molar-refractivity contribution >= 4 is 45.0 Å². The van der Waals surface area contributed by atoms with Crippen LogP contribution in [-0.4, -0.2) is 33.6 Å². The second-order valence-electron chi connectivity index (χ2n) is 6.13. The molecule has 1 unspecified atom stereocenters. The fourth-order valence-corrected chi connectivity index (χ4v) is 4.98. The number of fused-ring (bicyclic) bond motifs is 1. The highest BCUT2D eigenvalue weighted by atomic mass is 79.9. The van der Waals surface area contributed by atoms with Gasteiger partial charge in [-0.25, -0.2) is 4.98 Å². The summed E-state index contributed by atoms with van der Waals surface area (Å²) in [4.78, 5) is 42.2. The number of imide groups is 1. The molecule has 1 atom stereocenters. The lowest BCUT2D eigenvalue weighted by atomic mass is 10.0. The third kappa shape index (κ3) is 2.79. The quantitative estimate of drug-likeness (QED) is 0.758. The molecule has 3 amide bonds. The molecule has 2 aliphatic heterocycles. The zero-order chi connectivity index (χ0) is 17.7. The van der Waals surface area contributed by atoms with Crippen molar-refractivity contribution in [2.75, 3.05) is 0 Å². The first kappa shape index (κ1) is 16.4. The lowest BCUT2D eigenvalue weighted by Gasteiger charge is -2.29. The van der Waals surface area contributed by atoms with Crippen LogP contribution in [0.25, 0.3) is 11.3 Å². The molecule has 4 rings (SSSR count). The van der Waals surface area contributed by atoms with Gasteiger partial charge >= 0.3 is 0 Å². The Labute approximate surface area is 156 Å². The van der Waals surface area contributed by atoms with Crippen LogP contribution >= 0.6 is 27.3 Å². The van der Waals surface area contributed by atoms with E-state index in [-0.39, 0.29) is 18.2 Å². The average molecular weight is 420 g/mol. The molecule has 128 valence electrons. The number of thiazole rings is 1. The van der Waals surface area contributed by atoms with Crippen LogP contribution in [0.5, 0.6) is 0 Å². The number of aryl methyl sites for hydroxylation is 1. The molecule has 3 heterocycles. The standard InChI is InChI=1S/C17H14BrN3O3S/c1-8-19-14(15(18)25-8)9-2-3-11-10(6-9)7-21(17(11)24)12-4-5-13(22)20-16(12)23/h2-3,6,12H,4-5,7H2,1H3,(H,20,22,23). The Morgan fingerprint density at radius 1 is 1.32 bits per heavy atom. The fraction of sp³-hybridized carbons (Fsp3) is 0.294. The van der Waals surface area contributed by atoms with Crippen LogP contribution in [0, 0.1) is 6.92 Å². The number of hydrogen-bond donors (Lipinski definition) is 1. The van der Waals surface area contributed by atoms with Crippen molar-refractivity contribution < 1.29 is 14.4 Å². The summed E-state index contributed by atoms with van der Waals surface area (Å²) < 4.78 is 0.955. The molecule has 25 heavy (non-hydrogen) atoms. The van der Waals surface area contributed by atoms with E-state index in [0.717, 1.165) is 25.6 Å². The number of halogens is 1. The van der Waals surface area contributed by atoms with Gasteiger partial charge in [0.25, 0.3) is 5.91 Å². The van der Waals surface area contributed by atoms with Gasteiger partial charge in [-0.05, 0) is 47.0 Å². The number of nitrogens with zero attached hydrogens (tertiary/aromatic N) is 2. The first-order valence-corrected chi connectivity index (χ1v) is 9.46. The Balaban J connectivity index is 1.64. The van der Waals surface area contributed by atoms with E-state index >= 15 is 0 Å². The van der Waals surface area contributed by atoms with Gasteiger partial charge in [-0.1, -0.05) is 6.07 Å². The number of amides is 3. The minimum Gasteiger partial charge on any atom is -0.322 e. The van der Waals surface area contributed by atoms with E-state index in [1.54, 1.807) is 22.3 Å². The molecule has 1 saturated heterocycles. The van der Waals surface area contributed by atoms with Gasteiger partial charge < -0.3 is 4.90 Å². The Kier molecular flexibility index (Phi) is 3.96. The second kappa shape index (κ2) is 6.03. The van der Waals surface area contributed by atoms with E-state index in [9.17, 15) is 14.4 Å². The monoisotopic (exact) mass is 419 g/mol. The number of rotatable bonds is 2. The molecule has 1 aromatic carbocycles. The van der Waals surface area contributed by atoms with Crippen molar-refractivity contribution in [3.05, 3.63) is 38.1 Å². The molecule has 0 bridgehead atoms. The smallest absolute Gasteiger partial charge is 0.255 e. The van der Waals surface area contributed by atoms with Crippen molar-refractivity contribution in [1.29, 1.82) is 0 Å². The molecule has 0 saturated carbocycles. The highest BCUT2D eigenvalue weighted by molar-refractivity contribution is 9.11. The molecule has 2 aliphatic rings. The number of carbonyl (C=O) groups excluding carboxylic acids is 3. The minimum atomic E-state index is -0.589. The number of nitrogens with one attached hydrogen (secondary N) is 1. The molecule has 0 aliphatic carbocycles. The third-order valence-corrected chi connectivity index (χ3v) is 6.11. The fourth-order valence-electron chi connectivity index (χ4n) is 3.30. The zero-order valence-corrected chi connectivity index (χ0v) is 15.7. The summed E-state index contributed by atoms with van der Waals surface area (Å²) in [6.07, 6.45) is 0.626. The Morgan fingerprint density at radius 3 is 2.80 bits per heavy atom. The van der Waals surface area contributed by atoms with Gasteiger partial charge in [0.15, 0.2) is 0 Å². The third-order valence-electron chi connectivity index (χ3n) is 4.49. The minimum absolute atomic E-state index is 0.162. The van der Waals surface area contributed by atoms with Gasteiger partial charge in [0.1, 0.15) is 6.04 Å². The van der Waals surface area contributed by atoms with Gasteiger partial charge in [0.05, 0.1) is 14.5 Å². The van der Waals surface area contributed by atoms with E-state index in [0.29, 0.717) is 18.5 Å². The van der Waals surface area contributed by atoms with Crippen LogP contribution in [-0.2, 0) is 16.1 Å². The molecule has 2 aromatic rings. The first-order valence-electron chi connectivity index (χ1n) is 7.85. The molecule has 0 spiro atoms. The predicted octanol–water partition coefficient (Wildman–Crippen LogP) is 2.64. The zero-order valence-electron chi connectivity index (χ0n) is 13.3. The molecular weight excluding hydrogens is 406 g/mol. The molecule has 6 nitrogen and oxygen atoms in total. The van der Waals surface area contributed by atoms with E-state index in [1.807, 2.05) is 19.1 Å². The Hall–Kier alpha value is -2.06. The second-order valence-corrected chi connectivity index (χ2v) is 8.65. The Morgan fingerprint density at radius 2 is 2.12 bits per heavy atom. The van der Waals surface area contributed by atoms with Crippen LogP contribution in [0.1, 0.15) is 33.8 Å². The molecule has 0 radical (unpaired) electrons. The van der Waals surface area contributed by atoms with E-state index in [2.05, 4.69) is 26.2 Å². The van der Waals surface area contributed by atoms with Crippen LogP contribution in [0.15, 0.2) is 22.0 Å². The summed E-state index contributed by atoms with van der Waals surface area (Å²) in [5.41, 5.74) is 3.28. The number of benzene rings is 1. The Bertz CT molecular complexity index is 924. The van der Waals surface area contributed by atoms with Gasteiger partial charge in [0, 0.05) is 24.1 Å². The maximum atomic E-state index is 12.7. The van der Waals surface area contributed by atoms with Crippen molar-refractivity contribution in [2.45, 2.75) is 32.4 Å². The summed E-state index contributed by atoms with van der Waals surface area (Å²) >= 11 is 5.09. The highest BCUT2D eigenvalue weighted by Crippen LogP contribution is 2.36. The van der Waals surface area contributed by atoms with Crippen molar-refractivity contribution in [3.63, 3.8) is 0 Å². The van der Waals surface area contributed by atoms with E-state index in [4.69, 9.17) is 0 Å². The number of hydrogen-bond acceptors (Lipinski definition) is 5. The lowest BCUT2D eigenvalue weighted by molar-refractivity contribution is -0.136. The van der Waals surface area contributed by atoms with E-state index in [1.165, 1.54) is 0 Å². The normalized spacial score (nSPS) is 20.0. The first-order chi connectivity index (χ1) is 11.9. The molecule has 1 aromatic heterocycles. The van der Waals surface area contributed by atoms with Crippen LogP contribution in [0.2, 0.25) is 0 Å². The van der Waals surface area contributed by atoms with Crippen LogP contribution in [0.4, 0.5) is 0 Å². The number of carbonyl (C=O) groups is 3. The van der Waals surface area contributed by atoms with Gasteiger partial charge in [-0.3, -0.25) is 19.7 Å². The van der Waals surface area contributed by atoms with Crippen molar-refractivity contribution in [2.24, 2.45) is 0 Å². The largest absolute Gasteiger partial charge is 0.322 e. The van der Waals surface area contributed by atoms with E-state index < -0.39 is 11.9 Å². The van der Waals surface area contributed by atoms with Crippen LogP contribution < -0.4 is 5.32 Å². The predicted molar refractivity (Wildman–Crippen MR) is 96.0 cm³/mol. The van der Waals surface area contributed by atoms with Gasteiger partial charge in [-0.15, -0.1) is 11.3 Å². The number of piperidine rings is 1. The average Bonchev–Trinajstić information content (AvgIpc) is 3.06. The molecule has 8 heteroatoms. The summed E-state index contributed by atoms with van der Waals surface area (Å²) in [5, 5.41) is 3.28. The number of aromatic nitrogens is 1. The molecular formula is C17H14BrN3O3S. The van der Waals surface area contributed by atoms with Gasteiger partial charge in [-0.2, -0.15) is 0 Å². The SMILES string of the molecule is Cc1nc(-c2ccc3c(c2)CN(C2CCC(=O)NC2=O)C3=O)c(Br)s1. The van der Waals surface area contributed by atoms with Gasteiger partial charge in [0.2, 0.25) is 11.8 Å². The summed E-state index contributed by atoms with van der Waals surface area (Å²) in [6, 6.07) is 5.04.